The Morgan fingerprint density at radius 2 is 1.89 bits per heavy atom. The number of carbonyl (C=O) groups excluding carboxylic acids is 1. The number of benzene rings is 1. The first kappa shape index (κ1) is 17.4. The Morgan fingerprint density at radius 3 is 2.59 bits per heavy atom. The average Bonchev–Trinajstić information content (AvgIpc) is 3.23. The van der Waals surface area contributed by atoms with Gasteiger partial charge in [-0.1, -0.05) is 17.7 Å². The summed E-state index contributed by atoms with van der Waals surface area (Å²) < 4.78 is 15.8. The van der Waals surface area contributed by atoms with Crippen LogP contribution in [0.2, 0.25) is 5.02 Å². The van der Waals surface area contributed by atoms with Crippen molar-refractivity contribution in [2.24, 2.45) is 0 Å². The summed E-state index contributed by atoms with van der Waals surface area (Å²) in [5, 5.41) is 0.128. The number of amides is 1. The summed E-state index contributed by atoms with van der Waals surface area (Å²) in [5.74, 6) is 0.495. The number of halogens is 2. The van der Waals surface area contributed by atoms with Crippen molar-refractivity contribution in [2.45, 2.75) is 0 Å². The minimum atomic E-state index is -0.601. The Bertz CT molecular complexity index is 936. The Kier molecular flexibility index (Phi) is 4.72. The van der Waals surface area contributed by atoms with Crippen LogP contribution >= 0.6 is 11.6 Å². The molecule has 0 spiro atoms. The van der Waals surface area contributed by atoms with Crippen molar-refractivity contribution in [3.05, 3.63) is 65.7 Å². The molecule has 0 bridgehead atoms. The first-order valence-corrected chi connectivity index (χ1v) is 8.80. The van der Waals surface area contributed by atoms with Gasteiger partial charge in [-0.05, 0) is 12.1 Å². The second-order valence-corrected chi connectivity index (χ2v) is 6.49. The average molecular weight is 387 g/mol. The van der Waals surface area contributed by atoms with Crippen LogP contribution in [0, 0.1) is 5.82 Å². The molecular formula is C18H16ClFN6O. The van der Waals surface area contributed by atoms with E-state index in [2.05, 4.69) is 19.9 Å². The molecule has 4 rings (SSSR count). The molecule has 0 N–H and O–H groups in total. The zero-order valence-electron chi connectivity index (χ0n) is 14.3. The number of aromatic nitrogens is 4. The smallest absolute Gasteiger partial charge is 0.258 e. The van der Waals surface area contributed by atoms with Crippen LogP contribution < -0.4 is 4.90 Å². The highest BCUT2D eigenvalue weighted by atomic mass is 35.5. The lowest BCUT2D eigenvalue weighted by molar-refractivity contribution is 0.0742. The van der Waals surface area contributed by atoms with E-state index in [0.717, 1.165) is 5.82 Å². The van der Waals surface area contributed by atoms with Gasteiger partial charge in [0.1, 0.15) is 30.1 Å². The largest absolute Gasteiger partial charge is 0.353 e. The normalized spacial score (nSPS) is 14.4. The molecule has 1 aliphatic heterocycles. The van der Waals surface area contributed by atoms with Crippen LogP contribution in [0.25, 0.3) is 5.82 Å². The molecule has 2 aromatic heterocycles. The molecular weight excluding hydrogens is 371 g/mol. The number of carbonyl (C=O) groups is 1. The number of imidazole rings is 1. The molecule has 1 aromatic carbocycles. The van der Waals surface area contributed by atoms with Crippen molar-refractivity contribution in [3.63, 3.8) is 0 Å². The Labute approximate surface area is 160 Å². The molecule has 138 valence electrons. The van der Waals surface area contributed by atoms with E-state index in [-0.39, 0.29) is 16.5 Å². The molecule has 9 heteroatoms. The van der Waals surface area contributed by atoms with E-state index in [4.69, 9.17) is 11.6 Å². The Morgan fingerprint density at radius 1 is 1.11 bits per heavy atom. The molecule has 3 aromatic rings. The third-order valence-corrected chi connectivity index (χ3v) is 4.79. The second kappa shape index (κ2) is 7.32. The van der Waals surface area contributed by atoms with E-state index < -0.39 is 5.82 Å². The SMILES string of the molecule is O=C(c1c(F)cccc1Cl)N1CCN(c2cc(-n3ccnc3)ncn2)CC1. The zero-order valence-corrected chi connectivity index (χ0v) is 15.1. The highest BCUT2D eigenvalue weighted by Gasteiger charge is 2.26. The van der Waals surface area contributed by atoms with Gasteiger partial charge in [-0.2, -0.15) is 0 Å². The molecule has 0 radical (unpaired) electrons. The minimum Gasteiger partial charge on any atom is -0.353 e. The van der Waals surface area contributed by atoms with E-state index in [0.29, 0.717) is 32.0 Å². The molecule has 1 amide bonds. The maximum Gasteiger partial charge on any atom is 0.258 e. The van der Waals surface area contributed by atoms with Gasteiger partial charge in [0, 0.05) is 44.6 Å². The lowest BCUT2D eigenvalue weighted by atomic mass is 10.1. The number of anilines is 1. The highest BCUT2D eigenvalue weighted by Crippen LogP contribution is 2.22. The Hall–Kier alpha value is -3.00. The van der Waals surface area contributed by atoms with Gasteiger partial charge in [-0.15, -0.1) is 0 Å². The summed E-state index contributed by atoms with van der Waals surface area (Å²) in [5.41, 5.74) is -0.0722. The highest BCUT2D eigenvalue weighted by molar-refractivity contribution is 6.33. The maximum absolute atomic E-state index is 14.0. The van der Waals surface area contributed by atoms with E-state index in [1.165, 1.54) is 24.5 Å². The third kappa shape index (κ3) is 3.48. The van der Waals surface area contributed by atoms with Gasteiger partial charge in [-0.3, -0.25) is 9.36 Å². The topological polar surface area (TPSA) is 67.2 Å². The van der Waals surface area contributed by atoms with Crippen molar-refractivity contribution < 1.29 is 9.18 Å². The van der Waals surface area contributed by atoms with Crippen LogP contribution in [0.15, 0.2) is 49.3 Å². The molecule has 7 nitrogen and oxygen atoms in total. The number of hydrogen-bond acceptors (Lipinski definition) is 5. The summed E-state index contributed by atoms with van der Waals surface area (Å²) in [7, 11) is 0. The Balaban J connectivity index is 1.47. The van der Waals surface area contributed by atoms with Crippen LogP contribution in [-0.4, -0.2) is 56.5 Å². The van der Waals surface area contributed by atoms with Gasteiger partial charge in [0.25, 0.3) is 5.91 Å². The van der Waals surface area contributed by atoms with Crippen molar-refractivity contribution in [3.8, 4) is 5.82 Å². The lowest BCUT2D eigenvalue weighted by Gasteiger charge is -2.35. The third-order valence-electron chi connectivity index (χ3n) is 4.47. The molecule has 0 unspecified atom stereocenters. The summed E-state index contributed by atoms with van der Waals surface area (Å²) in [6.45, 7) is 2.07. The fourth-order valence-corrected chi connectivity index (χ4v) is 3.29. The predicted molar refractivity (Wildman–Crippen MR) is 98.7 cm³/mol. The molecule has 1 saturated heterocycles. The molecule has 0 saturated carbocycles. The van der Waals surface area contributed by atoms with Crippen LogP contribution in [0.3, 0.4) is 0 Å². The van der Waals surface area contributed by atoms with Gasteiger partial charge in [-0.25, -0.2) is 19.3 Å². The second-order valence-electron chi connectivity index (χ2n) is 6.08. The molecule has 0 aliphatic carbocycles. The van der Waals surface area contributed by atoms with Crippen molar-refractivity contribution in [1.29, 1.82) is 0 Å². The molecule has 1 fully saturated rings. The molecule has 27 heavy (non-hydrogen) atoms. The van der Waals surface area contributed by atoms with E-state index >= 15 is 0 Å². The van der Waals surface area contributed by atoms with Crippen molar-refractivity contribution >= 4 is 23.3 Å². The predicted octanol–water partition coefficient (Wildman–Crippen LogP) is 2.42. The van der Waals surface area contributed by atoms with Crippen molar-refractivity contribution in [1.82, 2.24) is 24.4 Å². The van der Waals surface area contributed by atoms with Crippen LogP contribution in [0.1, 0.15) is 10.4 Å². The zero-order chi connectivity index (χ0) is 18.8. The lowest BCUT2D eigenvalue weighted by Crippen LogP contribution is -2.49. The van der Waals surface area contributed by atoms with E-state index in [9.17, 15) is 9.18 Å². The summed E-state index contributed by atoms with van der Waals surface area (Å²) in [6, 6.07) is 6.12. The minimum absolute atomic E-state index is 0.0722. The number of piperazine rings is 1. The summed E-state index contributed by atoms with van der Waals surface area (Å²) in [4.78, 5) is 28.9. The summed E-state index contributed by atoms with van der Waals surface area (Å²) >= 11 is 6.01. The molecule has 0 atom stereocenters. The van der Waals surface area contributed by atoms with Gasteiger partial charge in [0.05, 0.1) is 10.6 Å². The van der Waals surface area contributed by atoms with E-state index in [1.54, 1.807) is 28.2 Å². The first-order valence-electron chi connectivity index (χ1n) is 8.42. The summed E-state index contributed by atoms with van der Waals surface area (Å²) in [6.07, 6.45) is 6.66. The van der Waals surface area contributed by atoms with Crippen molar-refractivity contribution in [2.75, 3.05) is 31.1 Å². The molecule has 1 aliphatic rings. The van der Waals surface area contributed by atoms with Crippen LogP contribution in [-0.2, 0) is 0 Å². The van der Waals surface area contributed by atoms with Gasteiger partial charge in [0.15, 0.2) is 0 Å². The monoisotopic (exact) mass is 386 g/mol. The fourth-order valence-electron chi connectivity index (χ4n) is 3.04. The van der Waals surface area contributed by atoms with Gasteiger partial charge in [0.2, 0.25) is 0 Å². The van der Waals surface area contributed by atoms with Crippen LogP contribution in [0.4, 0.5) is 10.2 Å². The molecule has 3 heterocycles. The van der Waals surface area contributed by atoms with Crippen LogP contribution in [0.5, 0.6) is 0 Å². The van der Waals surface area contributed by atoms with E-state index in [1.807, 2.05) is 6.07 Å². The standard InChI is InChI=1S/C18H16ClFN6O/c19-13-2-1-3-14(20)17(13)18(27)25-8-6-24(7-9-25)15-10-16(23-11-22-15)26-5-4-21-12-26/h1-5,10-12H,6-9H2. The number of hydrogen-bond donors (Lipinski definition) is 0. The van der Waals surface area contributed by atoms with Gasteiger partial charge >= 0.3 is 0 Å². The first-order chi connectivity index (χ1) is 13.1. The maximum atomic E-state index is 14.0. The fraction of sp³-hybridized carbons (Fsp3) is 0.222. The van der Waals surface area contributed by atoms with Gasteiger partial charge < -0.3 is 9.80 Å². The number of rotatable bonds is 3. The number of nitrogens with zero attached hydrogens (tertiary/aromatic N) is 6. The quantitative estimate of drug-likeness (QED) is 0.691.